The Labute approximate surface area is 241 Å². The zero-order valence-electron chi connectivity index (χ0n) is 22.6. The number of carbonyl (C=O) groups is 1. The molecule has 214 valence electrons. The van der Waals surface area contributed by atoms with E-state index in [4.69, 9.17) is 11.6 Å². The van der Waals surface area contributed by atoms with E-state index in [1.165, 1.54) is 15.6 Å². The number of fused-ring (bicyclic) bond motifs is 1. The number of carbonyl (C=O) groups excluding carboxylic acids is 1. The van der Waals surface area contributed by atoms with E-state index in [1.54, 1.807) is 12.1 Å². The van der Waals surface area contributed by atoms with E-state index in [0.717, 1.165) is 12.8 Å². The number of hydrogen-bond acceptors (Lipinski definition) is 12. The lowest BCUT2D eigenvalue weighted by Crippen LogP contribution is -2.59. The van der Waals surface area contributed by atoms with Gasteiger partial charge in [0.1, 0.15) is 12.2 Å². The molecule has 0 unspecified atom stereocenters. The fourth-order valence-corrected chi connectivity index (χ4v) is 5.12. The van der Waals surface area contributed by atoms with Crippen LogP contribution in [0.4, 0.5) is 27.9 Å². The number of nitrogens with zero attached hydrogens (tertiary/aromatic N) is 9. The second-order valence-corrected chi connectivity index (χ2v) is 10.8. The fourth-order valence-electron chi connectivity index (χ4n) is 4.85. The number of nitrogens with one attached hydrogen (secondary N) is 2. The Balaban J connectivity index is 1.42. The normalized spacial score (nSPS) is 18.7. The Hall–Kier alpha value is -4.37. The molecule has 1 aliphatic carbocycles. The number of amides is 1. The van der Waals surface area contributed by atoms with E-state index >= 15 is 0 Å². The molecule has 2 fully saturated rings. The molecule has 2 atom stereocenters. The van der Waals surface area contributed by atoms with Crippen LogP contribution < -0.4 is 20.6 Å². The SMILES string of the molecule is CN(C)CCN(C(=O)[O-])[C@@H]1CCN(c2cc(C#N)cc(Nc3nc(NC4CC4)c4ncc(C#N)n4n3)c2Cl)C[C@H]1O. The van der Waals surface area contributed by atoms with Crippen molar-refractivity contribution in [3.8, 4) is 12.1 Å². The first-order chi connectivity index (χ1) is 19.7. The van der Waals surface area contributed by atoms with Gasteiger partial charge in [0.2, 0.25) is 5.95 Å². The van der Waals surface area contributed by atoms with E-state index in [9.17, 15) is 25.5 Å². The summed E-state index contributed by atoms with van der Waals surface area (Å²) in [6, 6.07) is 7.02. The van der Waals surface area contributed by atoms with Crippen molar-refractivity contribution < 1.29 is 15.0 Å². The van der Waals surface area contributed by atoms with Gasteiger partial charge in [-0.1, -0.05) is 11.6 Å². The molecule has 3 heterocycles. The molecule has 14 nitrogen and oxygen atoms in total. The molecule has 0 bridgehead atoms. The number of β-amino-alcohol motifs (C(OH)–C–C–N with tert-alkyl or cyclic N) is 1. The topological polar surface area (TPSA) is 185 Å². The van der Waals surface area contributed by atoms with Gasteiger partial charge in [-0.25, -0.2) is 4.98 Å². The maximum atomic E-state index is 11.8. The summed E-state index contributed by atoms with van der Waals surface area (Å²) in [7, 11) is 3.68. The molecular weight excluding hydrogens is 550 g/mol. The molecule has 41 heavy (non-hydrogen) atoms. The number of carboxylic acid groups (broad SMARTS) is 1. The van der Waals surface area contributed by atoms with E-state index in [0.29, 0.717) is 47.9 Å². The predicted octanol–water partition coefficient (Wildman–Crippen LogP) is 0.985. The highest BCUT2D eigenvalue weighted by Gasteiger charge is 2.33. The van der Waals surface area contributed by atoms with Crippen LogP contribution in [-0.2, 0) is 0 Å². The lowest BCUT2D eigenvalue weighted by molar-refractivity contribution is -0.270. The summed E-state index contributed by atoms with van der Waals surface area (Å²) >= 11 is 6.83. The minimum atomic E-state index is -1.33. The number of imidazole rings is 1. The lowest BCUT2D eigenvalue weighted by atomic mass is 9.99. The number of anilines is 4. The first-order valence-electron chi connectivity index (χ1n) is 13.2. The number of aliphatic hydroxyl groups is 1. The molecule has 3 aromatic rings. The molecule has 1 saturated heterocycles. The third-order valence-electron chi connectivity index (χ3n) is 7.13. The van der Waals surface area contributed by atoms with Crippen LogP contribution in [0.2, 0.25) is 5.02 Å². The molecule has 3 N–H and O–H groups in total. The Morgan fingerprint density at radius 2 is 2.02 bits per heavy atom. The van der Waals surface area contributed by atoms with Gasteiger partial charge in [-0.2, -0.15) is 20.0 Å². The summed E-state index contributed by atoms with van der Waals surface area (Å²) in [5.41, 5.74) is 1.81. The summed E-state index contributed by atoms with van der Waals surface area (Å²) in [6.45, 7) is 1.19. The van der Waals surface area contributed by atoms with E-state index in [1.807, 2.05) is 23.9 Å². The molecular formula is C26H29ClN11O3-. The lowest BCUT2D eigenvalue weighted by Gasteiger charge is -2.44. The number of aromatic nitrogens is 4. The zero-order chi connectivity index (χ0) is 29.3. The van der Waals surface area contributed by atoms with Gasteiger partial charge in [0, 0.05) is 32.2 Å². The quantitative estimate of drug-likeness (QED) is 0.327. The number of nitriles is 2. The zero-order valence-corrected chi connectivity index (χ0v) is 23.3. The van der Waals surface area contributed by atoms with Crippen molar-refractivity contribution in [1.29, 1.82) is 10.5 Å². The van der Waals surface area contributed by atoms with Crippen molar-refractivity contribution in [2.75, 3.05) is 55.8 Å². The summed E-state index contributed by atoms with van der Waals surface area (Å²) in [4.78, 5) is 25.5. The Bertz CT molecular complexity index is 1540. The molecule has 15 heteroatoms. The second kappa shape index (κ2) is 11.6. The van der Waals surface area contributed by atoms with Crippen molar-refractivity contribution in [3.05, 3.63) is 34.6 Å². The molecule has 1 saturated carbocycles. The van der Waals surface area contributed by atoms with Crippen molar-refractivity contribution >= 4 is 46.5 Å². The third-order valence-corrected chi connectivity index (χ3v) is 7.53. The van der Waals surface area contributed by atoms with Crippen LogP contribution in [0, 0.1) is 22.7 Å². The smallest absolute Gasteiger partial charge is 0.247 e. The van der Waals surface area contributed by atoms with Gasteiger partial charge < -0.3 is 40.3 Å². The van der Waals surface area contributed by atoms with Crippen LogP contribution in [0.3, 0.4) is 0 Å². The largest absolute Gasteiger partial charge is 0.530 e. The maximum Gasteiger partial charge on any atom is 0.247 e. The van der Waals surface area contributed by atoms with Crippen molar-refractivity contribution in [2.45, 2.75) is 37.5 Å². The number of hydrogen-bond donors (Lipinski definition) is 3. The van der Waals surface area contributed by atoms with Crippen molar-refractivity contribution in [1.82, 2.24) is 29.4 Å². The molecule has 0 spiro atoms. The highest BCUT2D eigenvalue weighted by Crippen LogP contribution is 2.38. The van der Waals surface area contributed by atoms with E-state index in [-0.39, 0.29) is 35.8 Å². The Morgan fingerprint density at radius 3 is 2.66 bits per heavy atom. The minimum Gasteiger partial charge on any atom is -0.530 e. The third kappa shape index (κ3) is 6.05. The van der Waals surface area contributed by atoms with Gasteiger partial charge >= 0.3 is 0 Å². The van der Waals surface area contributed by atoms with Gasteiger partial charge in [-0.3, -0.25) is 0 Å². The molecule has 5 rings (SSSR count). The highest BCUT2D eigenvalue weighted by atomic mass is 35.5. The van der Waals surface area contributed by atoms with Crippen LogP contribution in [0.25, 0.3) is 5.65 Å². The molecule has 2 aliphatic rings. The molecule has 1 amide bonds. The predicted molar refractivity (Wildman–Crippen MR) is 149 cm³/mol. The summed E-state index contributed by atoms with van der Waals surface area (Å²) < 4.78 is 1.39. The molecule has 0 radical (unpaired) electrons. The summed E-state index contributed by atoms with van der Waals surface area (Å²) in [6.07, 6.45) is 1.43. The maximum absolute atomic E-state index is 11.8. The first kappa shape index (κ1) is 28.2. The van der Waals surface area contributed by atoms with Crippen LogP contribution in [0.15, 0.2) is 18.3 Å². The fraction of sp³-hybridized carbons (Fsp3) is 0.462. The summed E-state index contributed by atoms with van der Waals surface area (Å²) in [5, 5.41) is 53.1. The molecule has 1 aromatic carbocycles. The van der Waals surface area contributed by atoms with E-state index in [2.05, 4.69) is 37.8 Å². The summed E-state index contributed by atoms with van der Waals surface area (Å²) in [5.74, 6) is 0.610. The highest BCUT2D eigenvalue weighted by molar-refractivity contribution is 6.36. The van der Waals surface area contributed by atoms with Gasteiger partial charge in [0.25, 0.3) is 0 Å². The van der Waals surface area contributed by atoms with Crippen LogP contribution in [0.5, 0.6) is 0 Å². The molecule has 1 aliphatic heterocycles. The Kier molecular flexibility index (Phi) is 7.99. The van der Waals surface area contributed by atoms with Gasteiger partial charge in [-0.05, 0) is 45.5 Å². The van der Waals surface area contributed by atoms with Crippen LogP contribution in [0.1, 0.15) is 30.5 Å². The average molecular weight is 579 g/mol. The second-order valence-electron chi connectivity index (χ2n) is 10.4. The average Bonchev–Trinajstić information content (AvgIpc) is 3.66. The number of piperidine rings is 1. The number of aliphatic hydroxyl groups excluding tert-OH is 1. The number of rotatable bonds is 9. The standard InChI is InChI=1S/C26H30ClN11O3/c1-35(2)7-8-37(26(40)41)19-5-6-36(14-21(19)39)20-10-15(11-28)9-18(22(20)27)32-25-33-23(31-16-3-4-16)24-30-13-17(12-29)38(24)34-25/h9-10,13,16,19,21,39H,3-8,14H2,1-2H3,(H,40,41)(H2,31,32,33,34)/p-1/t19-,21-/m1/s1. The monoisotopic (exact) mass is 578 g/mol. The van der Waals surface area contributed by atoms with Crippen LogP contribution >= 0.6 is 11.6 Å². The van der Waals surface area contributed by atoms with Crippen molar-refractivity contribution in [3.63, 3.8) is 0 Å². The first-order valence-corrected chi connectivity index (χ1v) is 13.5. The van der Waals surface area contributed by atoms with Crippen LogP contribution in [-0.4, -0.2) is 99.0 Å². The van der Waals surface area contributed by atoms with Gasteiger partial charge in [-0.15, -0.1) is 5.10 Å². The number of benzene rings is 1. The van der Waals surface area contributed by atoms with Crippen molar-refractivity contribution in [2.24, 2.45) is 0 Å². The van der Waals surface area contributed by atoms with E-state index < -0.39 is 18.2 Å². The molecule has 2 aromatic heterocycles. The van der Waals surface area contributed by atoms with Gasteiger partial charge in [0.05, 0.1) is 46.4 Å². The minimum absolute atomic E-state index is 0.100. The number of likely N-dealkylation sites (N-methyl/N-ethyl adjacent to an activating group) is 1. The number of halogens is 1. The Morgan fingerprint density at radius 1 is 1.24 bits per heavy atom. The van der Waals surface area contributed by atoms with Gasteiger partial charge in [0.15, 0.2) is 17.2 Å².